The van der Waals surface area contributed by atoms with Crippen LogP contribution in [0.4, 0.5) is 0 Å². The summed E-state index contributed by atoms with van der Waals surface area (Å²) in [6.07, 6.45) is 5.31. The van der Waals surface area contributed by atoms with Crippen molar-refractivity contribution in [3.8, 4) is 0 Å². The van der Waals surface area contributed by atoms with Crippen molar-refractivity contribution in [1.29, 1.82) is 0 Å². The highest BCUT2D eigenvalue weighted by atomic mass is 16.2. The Bertz CT molecular complexity index is 689. The Balaban J connectivity index is 1.97. The summed E-state index contributed by atoms with van der Waals surface area (Å²) in [5.74, 6) is 0.160. The highest BCUT2D eigenvalue weighted by Gasteiger charge is 2.24. The molecule has 1 unspecified atom stereocenters. The number of carbonyl (C=O) groups excluding carboxylic acids is 1. The van der Waals surface area contributed by atoms with Crippen LogP contribution < -0.4 is 0 Å². The van der Waals surface area contributed by atoms with Crippen LogP contribution in [-0.4, -0.2) is 23.4 Å². The first-order chi connectivity index (χ1) is 10.2. The maximum atomic E-state index is 12.7. The highest BCUT2D eigenvalue weighted by molar-refractivity contribution is 6.00. The minimum absolute atomic E-state index is 0.160. The molecule has 1 saturated heterocycles. The molecule has 2 nitrogen and oxygen atoms in total. The van der Waals surface area contributed by atoms with Crippen molar-refractivity contribution in [1.82, 2.24) is 4.90 Å². The zero-order valence-electron chi connectivity index (χ0n) is 12.5. The van der Waals surface area contributed by atoms with E-state index >= 15 is 0 Å². The van der Waals surface area contributed by atoms with Crippen molar-refractivity contribution in [3.05, 3.63) is 54.1 Å². The van der Waals surface area contributed by atoms with Gasteiger partial charge >= 0.3 is 0 Å². The molecule has 21 heavy (non-hydrogen) atoms. The van der Waals surface area contributed by atoms with Gasteiger partial charge in [-0.05, 0) is 54.7 Å². The van der Waals surface area contributed by atoms with Gasteiger partial charge < -0.3 is 4.90 Å². The van der Waals surface area contributed by atoms with Crippen LogP contribution in [0.2, 0.25) is 0 Å². The average Bonchev–Trinajstić information content (AvgIpc) is 2.53. The lowest BCUT2D eigenvalue weighted by Gasteiger charge is -2.33. The van der Waals surface area contributed by atoms with Crippen molar-refractivity contribution < 1.29 is 4.79 Å². The van der Waals surface area contributed by atoms with Crippen LogP contribution in [-0.2, 0) is 0 Å². The van der Waals surface area contributed by atoms with Crippen LogP contribution in [0.5, 0.6) is 0 Å². The standard InChI is InChI=1S/C19H21NO/c1-3-15-8-6-9-16-13-17(10-11-18(15)16)19(21)20-12-5-4-7-14(20)2/h3,6,8-11,13-14H,1,4-5,7,12H2,2H3. The molecule has 3 rings (SSSR count). The van der Waals surface area contributed by atoms with Gasteiger partial charge in [0.25, 0.3) is 5.91 Å². The third kappa shape index (κ3) is 2.58. The van der Waals surface area contributed by atoms with Crippen LogP contribution in [0.15, 0.2) is 43.0 Å². The number of amides is 1. The number of nitrogens with zero attached hydrogens (tertiary/aromatic N) is 1. The molecule has 0 bridgehead atoms. The molecule has 0 N–H and O–H groups in total. The molecule has 1 aliphatic rings. The van der Waals surface area contributed by atoms with Gasteiger partial charge in [0.05, 0.1) is 0 Å². The maximum Gasteiger partial charge on any atom is 0.254 e. The Morgan fingerprint density at radius 2 is 2.14 bits per heavy atom. The number of piperidine rings is 1. The summed E-state index contributed by atoms with van der Waals surface area (Å²) in [4.78, 5) is 14.7. The van der Waals surface area contributed by atoms with Crippen LogP contribution >= 0.6 is 0 Å². The van der Waals surface area contributed by atoms with Crippen molar-refractivity contribution >= 4 is 22.8 Å². The second-order valence-corrected chi connectivity index (χ2v) is 5.83. The van der Waals surface area contributed by atoms with E-state index in [1.165, 1.54) is 6.42 Å². The first-order valence-electron chi connectivity index (χ1n) is 7.67. The van der Waals surface area contributed by atoms with Gasteiger partial charge in [0, 0.05) is 18.2 Å². The number of fused-ring (bicyclic) bond motifs is 1. The van der Waals surface area contributed by atoms with Gasteiger partial charge in [-0.2, -0.15) is 0 Å². The average molecular weight is 279 g/mol. The fourth-order valence-electron chi connectivity index (χ4n) is 3.19. The summed E-state index contributed by atoms with van der Waals surface area (Å²) in [7, 11) is 0. The third-order valence-corrected chi connectivity index (χ3v) is 4.44. The summed E-state index contributed by atoms with van der Waals surface area (Å²) in [6.45, 7) is 6.87. The molecule has 2 aromatic rings. The molecule has 0 aliphatic carbocycles. The molecule has 0 radical (unpaired) electrons. The fourth-order valence-corrected chi connectivity index (χ4v) is 3.19. The van der Waals surface area contributed by atoms with Crippen LogP contribution in [0, 0.1) is 0 Å². The van der Waals surface area contributed by atoms with Crippen molar-refractivity contribution in [2.45, 2.75) is 32.2 Å². The monoisotopic (exact) mass is 279 g/mol. The van der Waals surface area contributed by atoms with Crippen molar-refractivity contribution in [3.63, 3.8) is 0 Å². The van der Waals surface area contributed by atoms with E-state index in [0.29, 0.717) is 6.04 Å². The van der Waals surface area contributed by atoms with E-state index in [2.05, 4.69) is 19.6 Å². The number of likely N-dealkylation sites (tertiary alicyclic amines) is 1. The van der Waals surface area contributed by atoms with E-state index in [4.69, 9.17) is 0 Å². The van der Waals surface area contributed by atoms with Gasteiger partial charge in [-0.1, -0.05) is 36.9 Å². The van der Waals surface area contributed by atoms with E-state index in [1.54, 1.807) is 0 Å². The van der Waals surface area contributed by atoms with Gasteiger partial charge in [0.2, 0.25) is 0 Å². The molecule has 2 heteroatoms. The largest absolute Gasteiger partial charge is 0.336 e. The highest BCUT2D eigenvalue weighted by Crippen LogP contribution is 2.24. The maximum absolute atomic E-state index is 12.7. The van der Waals surface area contributed by atoms with Crippen LogP contribution in [0.1, 0.15) is 42.1 Å². The summed E-state index contributed by atoms with van der Waals surface area (Å²) >= 11 is 0. The summed E-state index contributed by atoms with van der Waals surface area (Å²) in [5, 5.41) is 2.25. The Morgan fingerprint density at radius 1 is 1.29 bits per heavy atom. The zero-order valence-corrected chi connectivity index (χ0v) is 12.5. The van der Waals surface area contributed by atoms with Crippen LogP contribution in [0.25, 0.3) is 16.8 Å². The predicted octanol–water partition coefficient (Wildman–Crippen LogP) is 4.50. The molecule has 2 aromatic carbocycles. The molecular formula is C19H21NO. The van der Waals surface area contributed by atoms with Crippen molar-refractivity contribution in [2.24, 2.45) is 0 Å². The molecule has 0 aromatic heterocycles. The van der Waals surface area contributed by atoms with Gasteiger partial charge in [0.15, 0.2) is 0 Å². The van der Waals surface area contributed by atoms with Gasteiger partial charge in [-0.25, -0.2) is 0 Å². The number of rotatable bonds is 2. The molecule has 1 amide bonds. The minimum Gasteiger partial charge on any atom is -0.336 e. The smallest absolute Gasteiger partial charge is 0.254 e. The topological polar surface area (TPSA) is 20.3 Å². The molecule has 1 atom stereocenters. The summed E-state index contributed by atoms with van der Waals surface area (Å²) < 4.78 is 0. The van der Waals surface area contributed by atoms with E-state index in [0.717, 1.165) is 41.3 Å². The van der Waals surface area contributed by atoms with E-state index in [9.17, 15) is 4.79 Å². The molecule has 0 spiro atoms. The Hall–Kier alpha value is -2.09. The van der Waals surface area contributed by atoms with Gasteiger partial charge in [-0.15, -0.1) is 0 Å². The Labute approximate surface area is 126 Å². The Kier molecular flexibility index (Phi) is 3.78. The lowest BCUT2D eigenvalue weighted by molar-refractivity contribution is 0.0636. The first kappa shape index (κ1) is 13.9. The summed E-state index contributed by atoms with van der Waals surface area (Å²) in [6, 6.07) is 12.4. The second kappa shape index (κ2) is 5.72. The molecule has 1 aliphatic heterocycles. The second-order valence-electron chi connectivity index (χ2n) is 5.83. The van der Waals surface area contributed by atoms with Gasteiger partial charge in [0.1, 0.15) is 0 Å². The minimum atomic E-state index is 0.160. The van der Waals surface area contributed by atoms with E-state index in [1.807, 2.05) is 41.3 Å². The molecule has 1 heterocycles. The zero-order chi connectivity index (χ0) is 14.8. The number of hydrogen-bond acceptors (Lipinski definition) is 1. The lowest BCUT2D eigenvalue weighted by Crippen LogP contribution is -2.42. The first-order valence-corrected chi connectivity index (χ1v) is 7.67. The predicted molar refractivity (Wildman–Crippen MR) is 88.4 cm³/mol. The SMILES string of the molecule is C=Cc1cccc2cc(C(=O)N3CCCCC3C)ccc12. The van der Waals surface area contributed by atoms with E-state index in [-0.39, 0.29) is 5.91 Å². The summed E-state index contributed by atoms with van der Waals surface area (Å²) in [5.41, 5.74) is 1.90. The Morgan fingerprint density at radius 3 is 2.90 bits per heavy atom. The molecule has 0 saturated carbocycles. The molecular weight excluding hydrogens is 258 g/mol. The quantitative estimate of drug-likeness (QED) is 0.792. The van der Waals surface area contributed by atoms with E-state index < -0.39 is 0 Å². The number of hydrogen-bond donors (Lipinski definition) is 0. The van der Waals surface area contributed by atoms with Crippen molar-refractivity contribution in [2.75, 3.05) is 6.54 Å². The number of carbonyl (C=O) groups is 1. The number of benzene rings is 2. The molecule has 1 fully saturated rings. The molecule has 108 valence electrons. The fraction of sp³-hybridized carbons (Fsp3) is 0.316. The van der Waals surface area contributed by atoms with Crippen LogP contribution in [0.3, 0.4) is 0 Å². The third-order valence-electron chi connectivity index (χ3n) is 4.44. The van der Waals surface area contributed by atoms with Gasteiger partial charge in [-0.3, -0.25) is 4.79 Å². The lowest BCUT2D eigenvalue weighted by atomic mass is 9.99. The normalized spacial score (nSPS) is 18.7.